The fraction of sp³-hybridized carbons (Fsp3) is 0.353. The highest BCUT2D eigenvalue weighted by molar-refractivity contribution is 7.13. The van der Waals surface area contributed by atoms with Crippen molar-refractivity contribution in [2.75, 3.05) is 0 Å². The molecule has 1 nitrogen and oxygen atoms in total. The first-order valence-electron chi connectivity index (χ1n) is 6.78. The van der Waals surface area contributed by atoms with E-state index in [9.17, 15) is 0 Å². The minimum Gasteiger partial charge on any atom is -0.307 e. The van der Waals surface area contributed by atoms with Gasteiger partial charge in [-0.1, -0.05) is 63.1 Å². The molecule has 0 unspecified atom stereocenters. The van der Waals surface area contributed by atoms with Crippen LogP contribution in [-0.4, -0.2) is 6.21 Å². The number of rotatable bonds is 2. The van der Waals surface area contributed by atoms with Gasteiger partial charge in [0.2, 0.25) is 0 Å². The van der Waals surface area contributed by atoms with Crippen molar-refractivity contribution in [3.8, 4) is 0 Å². The summed E-state index contributed by atoms with van der Waals surface area (Å²) < 4.78 is 0. The summed E-state index contributed by atoms with van der Waals surface area (Å²) in [5.41, 5.74) is 1.32. The zero-order valence-electron chi connectivity index (χ0n) is 12.4. The van der Waals surface area contributed by atoms with Gasteiger partial charge in [-0.05, 0) is 25.5 Å². The standard InChI is InChI=1S/C7H9NS.C7H8.C3H8/c1-2-6-3-4-7(5-8)9-6;1-7-5-3-2-4-6-7;1-3-2/h3-5,8H,2H2,1H3;2-6H,1H3;3H2,1-2H3. The van der Waals surface area contributed by atoms with Crippen molar-refractivity contribution in [2.24, 2.45) is 0 Å². The lowest BCUT2D eigenvalue weighted by atomic mass is 10.2. The molecule has 0 atom stereocenters. The summed E-state index contributed by atoms with van der Waals surface area (Å²) in [5.74, 6) is 0. The van der Waals surface area contributed by atoms with Crippen LogP contribution in [0.2, 0.25) is 0 Å². The Kier molecular flexibility index (Phi) is 10.8. The van der Waals surface area contributed by atoms with Gasteiger partial charge < -0.3 is 5.41 Å². The van der Waals surface area contributed by atoms with Crippen molar-refractivity contribution >= 4 is 17.6 Å². The highest BCUT2D eigenvalue weighted by Crippen LogP contribution is 2.13. The van der Waals surface area contributed by atoms with Crippen molar-refractivity contribution < 1.29 is 0 Å². The van der Waals surface area contributed by atoms with E-state index in [-0.39, 0.29) is 0 Å². The van der Waals surface area contributed by atoms with Crippen LogP contribution in [0.3, 0.4) is 0 Å². The van der Waals surface area contributed by atoms with Gasteiger partial charge in [0, 0.05) is 16.0 Å². The second kappa shape index (κ2) is 11.7. The van der Waals surface area contributed by atoms with Crippen LogP contribution in [0.15, 0.2) is 42.5 Å². The van der Waals surface area contributed by atoms with E-state index in [1.807, 2.05) is 24.3 Å². The molecule has 0 spiro atoms. The molecular weight excluding hydrogens is 250 g/mol. The van der Waals surface area contributed by atoms with Crippen LogP contribution in [0.1, 0.15) is 42.5 Å². The highest BCUT2D eigenvalue weighted by Gasteiger charge is 1.92. The average molecular weight is 275 g/mol. The number of nitrogens with one attached hydrogen (secondary N) is 1. The summed E-state index contributed by atoms with van der Waals surface area (Å²) in [4.78, 5) is 2.40. The topological polar surface area (TPSA) is 23.9 Å². The minimum absolute atomic E-state index is 1.05. The quantitative estimate of drug-likeness (QED) is 0.678. The van der Waals surface area contributed by atoms with E-state index in [0.717, 1.165) is 11.3 Å². The van der Waals surface area contributed by atoms with Gasteiger partial charge in [0.15, 0.2) is 0 Å². The second-order valence-electron chi connectivity index (χ2n) is 4.16. The molecule has 0 saturated heterocycles. The first-order valence-corrected chi connectivity index (χ1v) is 7.60. The lowest BCUT2D eigenvalue weighted by Crippen LogP contribution is -1.65. The van der Waals surface area contributed by atoms with Gasteiger partial charge >= 0.3 is 0 Å². The zero-order valence-corrected chi connectivity index (χ0v) is 13.3. The molecule has 0 fully saturated rings. The van der Waals surface area contributed by atoms with Gasteiger partial charge in [-0.15, -0.1) is 11.3 Å². The smallest absolute Gasteiger partial charge is 0.0448 e. The van der Waals surface area contributed by atoms with Gasteiger partial charge in [0.25, 0.3) is 0 Å². The van der Waals surface area contributed by atoms with E-state index in [1.165, 1.54) is 23.1 Å². The number of aryl methyl sites for hydroxylation is 2. The van der Waals surface area contributed by atoms with Crippen LogP contribution < -0.4 is 0 Å². The fourth-order valence-corrected chi connectivity index (χ4v) is 1.97. The normalized spacial score (nSPS) is 8.63. The third-order valence-corrected chi connectivity index (χ3v) is 3.29. The molecule has 0 amide bonds. The average Bonchev–Trinajstić information content (AvgIpc) is 2.89. The molecule has 2 heteroatoms. The predicted octanol–water partition coefficient (Wildman–Crippen LogP) is 5.72. The summed E-state index contributed by atoms with van der Waals surface area (Å²) in [7, 11) is 0. The maximum absolute atomic E-state index is 6.92. The maximum Gasteiger partial charge on any atom is 0.0448 e. The van der Waals surface area contributed by atoms with Crippen LogP contribution in [0.5, 0.6) is 0 Å². The molecule has 1 aromatic heterocycles. The summed E-state index contributed by atoms with van der Waals surface area (Å²) in [5, 5.41) is 6.92. The van der Waals surface area contributed by atoms with E-state index in [0.29, 0.717) is 0 Å². The van der Waals surface area contributed by atoms with Crippen molar-refractivity contribution in [2.45, 2.75) is 40.5 Å². The molecule has 2 rings (SSSR count). The van der Waals surface area contributed by atoms with Gasteiger partial charge in [-0.2, -0.15) is 0 Å². The molecule has 0 aliphatic heterocycles. The molecule has 0 aliphatic carbocycles. The predicted molar refractivity (Wildman–Crippen MR) is 88.7 cm³/mol. The van der Waals surface area contributed by atoms with E-state index < -0.39 is 0 Å². The zero-order chi connectivity index (χ0) is 14.5. The Morgan fingerprint density at radius 1 is 1.00 bits per heavy atom. The Balaban J connectivity index is 0.000000289. The monoisotopic (exact) mass is 275 g/mol. The first-order chi connectivity index (χ1) is 9.17. The van der Waals surface area contributed by atoms with Gasteiger partial charge in [0.1, 0.15) is 0 Å². The molecule has 0 radical (unpaired) electrons. The Labute approximate surface area is 121 Å². The molecule has 0 aliphatic rings. The Morgan fingerprint density at radius 3 is 1.84 bits per heavy atom. The first kappa shape index (κ1) is 17.6. The summed E-state index contributed by atoms with van der Waals surface area (Å²) >= 11 is 1.69. The van der Waals surface area contributed by atoms with Crippen LogP contribution in [0.25, 0.3) is 0 Å². The van der Waals surface area contributed by atoms with E-state index >= 15 is 0 Å². The van der Waals surface area contributed by atoms with E-state index in [2.05, 4.69) is 45.9 Å². The summed E-state index contributed by atoms with van der Waals surface area (Å²) in [6.45, 7) is 8.46. The number of hydrogen-bond acceptors (Lipinski definition) is 2. The third-order valence-electron chi connectivity index (χ3n) is 2.11. The molecule has 1 N–H and O–H groups in total. The maximum atomic E-state index is 6.92. The van der Waals surface area contributed by atoms with Crippen LogP contribution >= 0.6 is 11.3 Å². The second-order valence-corrected chi connectivity index (χ2v) is 5.36. The number of thiophene rings is 1. The van der Waals surface area contributed by atoms with Gasteiger partial charge in [-0.25, -0.2) is 0 Å². The van der Waals surface area contributed by atoms with Crippen LogP contribution in [0.4, 0.5) is 0 Å². The van der Waals surface area contributed by atoms with E-state index in [4.69, 9.17) is 5.41 Å². The third kappa shape index (κ3) is 9.20. The summed E-state index contributed by atoms with van der Waals surface area (Å²) in [6.07, 6.45) is 3.72. The van der Waals surface area contributed by atoms with Crippen molar-refractivity contribution in [3.63, 3.8) is 0 Å². The summed E-state index contributed by atoms with van der Waals surface area (Å²) in [6, 6.07) is 14.3. The van der Waals surface area contributed by atoms with Crippen LogP contribution in [0, 0.1) is 12.3 Å². The molecule has 104 valence electrons. The minimum atomic E-state index is 1.05. The largest absolute Gasteiger partial charge is 0.307 e. The molecule has 0 bridgehead atoms. The number of hydrogen-bond donors (Lipinski definition) is 1. The van der Waals surface area contributed by atoms with Crippen molar-refractivity contribution in [1.29, 1.82) is 5.41 Å². The van der Waals surface area contributed by atoms with Gasteiger partial charge in [0.05, 0.1) is 0 Å². The lowest BCUT2D eigenvalue weighted by molar-refractivity contribution is 1.09. The Bertz CT molecular complexity index is 432. The number of benzene rings is 1. The van der Waals surface area contributed by atoms with E-state index in [1.54, 1.807) is 11.3 Å². The fourth-order valence-electron chi connectivity index (χ4n) is 1.20. The molecule has 1 aromatic carbocycles. The SMILES string of the molecule is CCC.CCc1ccc(C=N)s1.Cc1ccccc1. The Morgan fingerprint density at radius 2 is 1.58 bits per heavy atom. The molecule has 0 saturated carbocycles. The Hall–Kier alpha value is -1.41. The van der Waals surface area contributed by atoms with Gasteiger partial charge in [-0.3, -0.25) is 0 Å². The molecular formula is C17H25NS. The molecule has 19 heavy (non-hydrogen) atoms. The van der Waals surface area contributed by atoms with Crippen LogP contribution in [-0.2, 0) is 6.42 Å². The molecule has 1 heterocycles. The highest BCUT2D eigenvalue weighted by atomic mass is 32.1. The lowest BCUT2D eigenvalue weighted by Gasteiger charge is -1.82. The van der Waals surface area contributed by atoms with Crippen molar-refractivity contribution in [3.05, 3.63) is 57.8 Å². The van der Waals surface area contributed by atoms with Crippen molar-refractivity contribution in [1.82, 2.24) is 0 Å². The molecule has 2 aromatic rings.